The van der Waals surface area contributed by atoms with Gasteiger partial charge in [-0.3, -0.25) is 0 Å². The lowest BCUT2D eigenvalue weighted by atomic mass is 10.1. The molecule has 0 radical (unpaired) electrons. The molecule has 0 fully saturated rings. The number of phenolic OH excluding ortho intramolecular Hbond substituents is 1. The van der Waals surface area contributed by atoms with Gasteiger partial charge in [0, 0.05) is 16.3 Å². The van der Waals surface area contributed by atoms with Gasteiger partial charge < -0.3 is 15.6 Å². The fourth-order valence-corrected chi connectivity index (χ4v) is 2.84. The zero-order valence-corrected chi connectivity index (χ0v) is 9.73. The van der Waals surface area contributed by atoms with Crippen molar-refractivity contribution in [3.8, 4) is 11.5 Å². The van der Waals surface area contributed by atoms with Gasteiger partial charge >= 0.3 is 0 Å². The molecule has 1 heterocycles. The van der Waals surface area contributed by atoms with Gasteiger partial charge in [0.05, 0.1) is 17.5 Å². The van der Waals surface area contributed by atoms with Crippen LogP contribution in [-0.2, 0) is 0 Å². The van der Waals surface area contributed by atoms with E-state index in [2.05, 4.69) is 0 Å². The summed E-state index contributed by atoms with van der Waals surface area (Å²) in [7, 11) is 1.59. The maximum Gasteiger partial charge on any atom is 0.142 e. The minimum atomic E-state index is 0.0836. The molecule has 2 rings (SSSR count). The first-order valence-corrected chi connectivity index (χ1v) is 5.43. The van der Waals surface area contributed by atoms with Gasteiger partial charge in [0.1, 0.15) is 11.5 Å². The van der Waals surface area contributed by atoms with Crippen LogP contribution in [0.25, 0.3) is 10.1 Å². The Hall–Kier alpha value is -1.42. The van der Waals surface area contributed by atoms with Gasteiger partial charge in [-0.05, 0) is 19.4 Å². The van der Waals surface area contributed by atoms with Crippen molar-refractivity contribution >= 4 is 27.1 Å². The Kier molecular flexibility index (Phi) is 2.23. The molecule has 0 saturated carbocycles. The molecule has 3 N–H and O–H groups in total. The predicted octanol–water partition coefficient (Wildman–Crippen LogP) is 2.81. The second kappa shape index (κ2) is 3.31. The maximum absolute atomic E-state index is 9.66. The summed E-state index contributed by atoms with van der Waals surface area (Å²) >= 11 is 1.64. The number of thiophene rings is 1. The SMILES string of the molecule is COc1cc(O)c(N)c2c(C)c(C)sc12. The molecular formula is C11H13NO2S. The van der Waals surface area contributed by atoms with Crippen molar-refractivity contribution in [2.45, 2.75) is 13.8 Å². The third kappa shape index (κ3) is 1.33. The van der Waals surface area contributed by atoms with E-state index in [9.17, 15) is 5.11 Å². The van der Waals surface area contributed by atoms with E-state index in [1.807, 2.05) is 13.8 Å². The summed E-state index contributed by atoms with van der Waals surface area (Å²) in [5, 5.41) is 10.6. The minimum Gasteiger partial charge on any atom is -0.506 e. The lowest BCUT2D eigenvalue weighted by Gasteiger charge is -2.06. The molecule has 0 aliphatic rings. The van der Waals surface area contributed by atoms with Gasteiger partial charge in [0.2, 0.25) is 0 Å². The van der Waals surface area contributed by atoms with Crippen LogP contribution in [0.2, 0.25) is 0 Å². The van der Waals surface area contributed by atoms with Crippen LogP contribution in [0.4, 0.5) is 5.69 Å². The molecule has 0 aliphatic carbocycles. The monoisotopic (exact) mass is 223 g/mol. The van der Waals surface area contributed by atoms with Crippen molar-refractivity contribution in [3.63, 3.8) is 0 Å². The molecule has 80 valence electrons. The number of rotatable bonds is 1. The highest BCUT2D eigenvalue weighted by Crippen LogP contribution is 2.44. The Balaban J connectivity index is 2.96. The van der Waals surface area contributed by atoms with Crippen LogP contribution in [0.1, 0.15) is 10.4 Å². The van der Waals surface area contributed by atoms with Crippen molar-refractivity contribution in [1.29, 1.82) is 0 Å². The average molecular weight is 223 g/mol. The standard InChI is InChI=1S/C11H13NO2S/c1-5-6(2)15-11-8(14-3)4-7(13)10(12)9(5)11/h4,13H,12H2,1-3H3. The van der Waals surface area contributed by atoms with E-state index in [-0.39, 0.29) is 5.75 Å². The molecule has 1 aromatic heterocycles. The smallest absolute Gasteiger partial charge is 0.142 e. The second-order valence-electron chi connectivity index (χ2n) is 3.50. The third-order valence-corrected chi connectivity index (χ3v) is 3.86. The number of hydrogen-bond acceptors (Lipinski definition) is 4. The van der Waals surface area contributed by atoms with Crippen molar-refractivity contribution in [1.82, 2.24) is 0 Å². The van der Waals surface area contributed by atoms with Crippen molar-refractivity contribution in [2.75, 3.05) is 12.8 Å². The van der Waals surface area contributed by atoms with Crippen LogP contribution in [0.5, 0.6) is 11.5 Å². The molecule has 0 amide bonds. The Morgan fingerprint density at radius 1 is 1.40 bits per heavy atom. The van der Waals surface area contributed by atoms with Crippen LogP contribution in [0.3, 0.4) is 0 Å². The van der Waals surface area contributed by atoms with E-state index in [1.54, 1.807) is 24.5 Å². The van der Waals surface area contributed by atoms with Gasteiger partial charge in [-0.25, -0.2) is 0 Å². The second-order valence-corrected chi connectivity index (χ2v) is 4.72. The zero-order valence-electron chi connectivity index (χ0n) is 8.92. The van der Waals surface area contributed by atoms with Crippen LogP contribution in [0.15, 0.2) is 6.07 Å². The predicted molar refractivity (Wildman–Crippen MR) is 63.9 cm³/mol. The van der Waals surface area contributed by atoms with Crippen LogP contribution >= 0.6 is 11.3 Å². The first-order chi connectivity index (χ1) is 7.06. The van der Waals surface area contributed by atoms with E-state index in [0.29, 0.717) is 11.4 Å². The summed E-state index contributed by atoms with van der Waals surface area (Å²) in [5.74, 6) is 0.762. The number of nitrogen functional groups attached to an aromatic ring is 1. The number of hydrogen-bond donors (Lipinski definition) is 2. The van der Waals surface area contributed by atoms with Crippen LogP contribution in [0, 0.1) is 13.8 Å². The molecule has 1 aromatic carbocycles. The number of anilines is 1. The summed E-state index contributed by atoms with van der Waals surface area (Å²) in [5.41, 5.74) is 7.41. The molecule has 4 heteroatoms. The van der Waals surface area contributed by atoms with Gasteiger partial charge in [0.15, 0.2) is 0 Å². The zero-order chi connectivity index (χ0) is 11.2. The quantitative estimate of drug-likeness (QED) is 0.577. The maximum atomic E-state index is 9.66. The van der Waals surface area contributed by atoms with Crippen LogP contribution < -0.4 is 10.5 Å². The Morgan fingerprint density at radius 3 is 2.67 bits per heavy atom. The number of phenols is 1. The molecule has 2 aromatic rings. The van der Waals surface area contributed by atoms with E-state index < -0.39 is 0 Å². The van der Waals surface area contributed by atoms with Gasteiger partial charge in [-0.1, -0.05) is 0 Å². The largest absolute Gasteiger partial charge is 0.506 e. The molecule has 0 saturated heterocycles. The van der Waals surface area contributed by atoms with Gasteiger partial charge in [0.25, 0.3) is 0 Å². The number of aromatic hydroxyl groups is 1. The Morgan fingerprint density at radius 2 is 2.07 bits per heavy atom. The summed E-state index contributed by atoms with van der Waals surface area (Å²) < 4.78 is 6.23. The minimum absolute atomic E-state index is 0.0836. The number of fused-ring (bicyclic) bond motifs is 1. The average Bonchev–Trinajstić information content (AvgIpc) is 2.50. The van der Waals surface area contributed by atoms with E-state index in [0.717, 1.165) is 15.6 Å². The number of nitrogens with two attached hydrogens (primary N) is 1. The van der Waals surface area contributed by atoms with Gasteiger partial charge in [-0.2, -0.15) is 0 Å². The van der Waals surface area contributed by atoms with Crippen molar-refractivity contribution < 1.29 is 9.84 Å². The molecule has 0 aliphatic heterocycles. The molecule has 0 spiro atoms. The molecule has 0 bridgehead atoms. The van der Waals surface area contributed by atoms with Crippen LogP contribution in [-0.4, -0.2) is 12.2 Å². The molecule has 3 nitrogen and oxygen atoms in total. The fourth-order valence-electron chi connectivity index (χ4n) is 1.67. The summed E-state index contributed by atoms with van der Waals surface area (Å²) in [4.78, 5) is 1.20. The first kappa shape index (κ1) is 10.1. The number of ether oxygens (including phenoxy) is 1. The topological polar surface area (TPSA) is 55.5 Å². The lowest BCUT2D eigenvalue weighted by molar-refractivity contribution is 0.414. The van der Waals surface area contributed by atoms with E-state index in [4.69, 9.17) is 10.5 Å². The molecule has 15 heavy (non-hydrogen) atoms. The highest BCUT2D eigenvalue weighted by atomic mass is 32.1. The fraction of sp³-hybridized carbons (Fsp3) is 0.273. The van der Waals surface area contributed by atoms with Crippen molar-refractivity contribution in [2.24, 2.45) is 0 Å². The van der Waals surface area contributed by atoms with Crippen molar-refractivity contribution in [3.05, 3.63) is 16.5 Å². The third-order valence-electron chi connectivity index (χ3n) is 2.64. The summed E-state index contributed by atoms with van der Waals surface area (Å²) in [6.45, 7) is 4.04. The normalized spacial score (nSPS) is 10.9. The highest BCUT2D eigenvalue weighted by Gasteiger charge is 2.15. The molecular weight excluding hydrogens is 210 g/mol. The first-order valence-electron chi connectivity index (χ1n) is 4.61. The number of benzene rings is 1. The summed E-state index contributed by atoms with van der Waals surface area (Å²) in [6.07, 6.45) is 0. The Bertz CT molecular complexity index is 531. The van der Waals surface area contributed by atoms with E-state index in [1.165, 1.54) is 4.88 Å². The van der Waals surface area contributed by atoms with Gasteiger partial charge in [-0.15, -0.1) is 11.3 Å². The van der Waals surface area contributed by atoms with E-state index >= 15 is 0 Å². The molecule has 0 unspecified atom stereocenters. The number of methoxy groups -OCH3 is 1. The lowest BCUT2D eigenvalue weighted by Crippen LogP contribution is -1.90. The molecule has 0 atom stereocenters. The highest BCUT2D eigenvalue weighted by molar-refractivity contribution is 7.19. The Labute approximate surface area is 92.1 Å². The summed E-state index contributed by atoms with van der Waals surface area (Å²) in [6, 6.07) is 1.56. The number of aryl methyl sites for hydroxylation is 2.